The minimum absolute atomic E-state index is 0.0189. The maximum absolute atomic E-state index is 11.9. The summed E-state index contributed by atoms with van der Waals surface area (Å²) in [7, 11) is 0. The van der Waals surface area contributed by atoms with Crippen molar-refractivity contribution in [2.75, 3.05) is 5.32 Å². The van der Waals surface area contributed by atoms with E-state index in [4.69, 9.17) is 4.42 Å². The molecule has 3 nitrogen and oxygen atoms in total. The van der Waals surface area contributed by atoms with E-state index in [1.165, 1.54) is 18.4 Å². The van der Waals surface area contributed by atoms with Gasteiger partial charge in [0.1, 0.15) is 11.5 Å². The largest absolute Gasteiger partial charge is 0.466 e. The lowest BCUT2D eigenvalue weighted by Crippen LogP contribution is -2.12. The molecule has 1 aromatic heterocycles. The first-order valence-electron chi connectivity index (χ1n) is 7.61. The van der Waals surface area contributed by atoms with Crippen molar-refractivity contribution in [3.05, 3.63) is 53.5 Å². The van der Waals surface area contributed by atoms with Crippen molar-refractivity contribution < 1.29 is 9.21 Å². The van der Waals surface area contributed by atoms with Crippen LogP contribution in [0, 0.1) is 6.92 Å². The van der Waals surface area contributed by atoms with Crippen molar-refractivity contribution >= 4 is 11.6 Å². The van der Waals surface area contributed by atoms with Gasteiger partial charge in [-0.05, 0) is 49.6 Å². The normalized spacial score (nSPS) is 10.6. The van der Waals surface area contributed by atoms with Crippen molar-refractivity contribution in [3.8, 4) is 0 Å². The van der Waals surface area contributed by atoms with Gasteiger partial charge in [-0.3, -0.25) is 4.79 Å². The van der Waals surface area contributed by atoms with E-state index in [9.17, 15) is 4.79 Å². The average Bonchev–Trinajstić information content (AvgIpc) is 2.90. The van der Waals surface area contributed by atoms with Crippen LogP contribution in [0.5, 0.6) is 0 Å². The van der Waals surface area contributed by atoms with E-state index < -0.39 is 0 Å². The van der Waals surface area contributed by atoms with Crippen LogP contribution in [0.3, 0.4) is 0 Å². The van der Waals surface area contributed by atoms with Crippen LogP contribution in [0.2, 0.25) is 0 Å². The Labute approximate surface area is 126 Å². The Morgan fingerprint density at radius 3 is 2.48 bits per heavy atom. The number of anilines is 1. The second-order valence-electron chi connectivity index (χ2n) is 5.36. The molecule has 0 fully saturated rings. The summed E-state index contributed by atoms with van der Waals surface area (Å²) in [5.74, 6) is 1.76. The van der Waals surface area contributed by atoms with Gasteiger partial charge < -0.3 is 9.73 Å². The van der Waals surface area contributed by atoms with Gasteiger partial charge in [-0.15, -0.1) is 0 Å². The summed E-state index contributed by atoms with van der Waals surface area (Å²) in [6.45, 7) is 4.10. The molecule has 0 saturated heterocycles. The number of aryl methyl sites for hydroxylation is 3. The molecule has 0 aliphatic rings. The van der Waals surface area contributed by atoms with Crippen molar-refractivity contribution in [2.45, 2.75) is 46.0 Å². The van der Waals surface area contributed by atoms with Gasteiger partial charge in [0.15, 0.2) is 0 Å². The molecular weight excluding hydrogens is 262 g/mol. The molecule has 2 aromatic rings. The Bertz CT molecular complexity index is 569. The molecule has 3 heteroatoms. The van der Waals surface area contributed by atoms with E-state index >= 15 is 0 Å². The third kappa shape index (κ3) is 5.10. The molecule has 0 aliphatic carbocycles. The van der Waals surface area contributed by atoms with Gasteiger partial charge in [0, 0.05) is 18.5 Å². The van der Waals surface area contributed by atoms with Crippen LogP contribution in [0.4, 0.5) is 5.69 Å². The van der Waals surface area contributed by atoms with Crippen LogP contribution in [0.15, 0.2) is 40.8 Å². The number of unbranched alkanes of at least 4 members (excludes halogenated alkanes) is 1. The highest BCUT2D eigenvalue weighted by Crippen LogP contribution is 2.13. The summed E-state index contributed by atoms with van der Waals surface area (Å²) < 4.78 is 5.46. The van der Waals surface area contributed by atoms with Crippen LogP contribution in [-0.2, 0) is 17.6 Å². The number of amides is 1. The van der Waals surface area contributed by atoms with Crippen molar-refractivity contribution in [3.63, 3.8) is 0 Å². The fraction of sp³-hybridized carbons (Fsp3) is 0.389. The predicted octanol–water partition coefficient (Wildman–Crippen LogP) is 4.50. The molecule has 0 unspecified atom stereocenters. The standard InChI is InChI=1S/C18H23NO2/c1-3-4-5-15-7-9-16(10-8-15)19-18(20)13-12-17-11-6-14(2)21-17/h6-11H,3-5,12-13H2,1-2H3,(H,19,20). The van der Waals surface area contributed by atoms with Gasteiger partial charge >= 0.3 is 0 Å². The van der Waals surface area contributed by atoms with Crippen molar-refractivity contribution in [1.29, 1.82) is 0 Å². The summed E-state index contributed by atoms with van der Waals surface area (Å²) in [6.07, 6.45) is 4.57. The highest BCUT2D eigenvalue weighted by molar-refractivity contribution is 5.90. The third-order valence-corrected chi connectivity index (χ3v) is 3.45. The highest BCUT2D eigenvalue weighted by atomic mass is 16.3. The summed E-state index contributed by atoms with van der Waals surface area (Å²) >= 11 is 0. The van der Waals surface area contributed by atoms with Gasteiger partial charge in [0.2, 0.25) is 5.91 Å². The predicted molar refractivity (Wildman–Crippen MR) is 85.4 cm³/mol. The van der Waals surface area contributed by atoms with E-state index in [1.807, 2.05) is 31.2 Å². The van der Waals surface area contributed by atoms with E-state index in [-0.39, 0.29) is 5.91 Å². The Morgan fingerprint density at radius 2 is 1.86 bits per heavy atom. The number of furan rings is 1. The second kappa shape index (κ2) is 7.67. The molecule has 1 amide bonds. The van der Waals surface area contributed by atoms with Crippen molar-refractivity contribution in [2.24, 2.45) is 0 Å². The van der Waals surface area contributed by atoms with Crippen LogP contribution < -0.4 is 5.32 Å². The summed E-state index contributed by atoms with van der Waals surface area (Å²) in [6, 6.07) is 12.0. The molecule has 0 saturated carbocycles. The highest BCUT2D eigenvalue weighted by Gasteiger charge is 2.05. The molecule has 0 aliphatic heterocycles. The van der Waals surface area contributed by atoms with Crippen LogP contribution in [0.25, 0.3) is 0 Å². The quantitative estimate of drug-likeness (QED) is 0.813. The van der Waals surface area contributed by atoms with E-state index in [0.717, 1.165) is 23.6 Å². The maximum atomic E-state index is 11.9. The Kier molecular flexibility index (Phi) is 5.61. The lowest BCUT2D eigenvalue weighted by Gasteiger charge is -2.06. The zero-order valence-corrected chi connectivity index (χ0v) is 12.8. The lowest BCUT2D eigenvalue weighted by molar-refractivity contribution is -0.116. The smallest absolute Gasteiger partial charge is 0.224 e. The summed E-state index contributed by atoms with van der Waals surface area (Å²) in [4.78, 5) is 11.9. The number of hydrogen-bond acceptors (Lipinski definition) is 2. The first-order chi connectivity index (χ1) is 10.2. The lowest BCUT2D eigenvalue weighted by atomic mass is 10.1. The minimum atomic E-state index is 0.0189. The molecule has 1 N–H and O–H groups in total. The zero-order valence-electron chi connectivity index (χ0n) is 12.8. The molecule has 1 heterocycles. The molecule has 112 valence electrons. The first-order valence-corrected chi connectivity index (χ1v) is 7.61. The number of benzene rings is 1. The Balaban J connectivity index is 1.79. The van der Waals surface area contributed by atoms with Gasteiger partial charge in [-0.2, -0.15) is 0 Å². The van der Waals surface area contributed by atoms with Crippen LogP contribution in [0.1, 0.15) is 43.3 Å². The molecule has 0 radical (unpaired) electrons. The molecule has 0 spiro atoms. The molecule has 21 heavy (non-hydrogen) atoms. The number of nitrogens with one attached hydrogen (secondary N) is 1. The molecule has 0 atom stereocenters. The monoisotopic (exact) mass is 285 g/mol. The van der Waals surface area contributed by atoms with E-state index in [2.05, 4.69) is 24.4 Å². The van der Waals surface area contributed by atoms with Crippen molar-refractivity contribution in [1.82, 2.24) is 0 Å². The molecule has 0 bridgehead atoms. The van der Waals surface area contributed by atoms with Gasteiger partial charge in [-0.1, -0.05) is 25.5 Å². The number of carbonyl (C=O) groups excluding carboxylic acids is 1. The number of rotatable bonds is 7. The molecule has 2 rings (SSSR count). The molecule has 1 aromatic carbocycles. The summed E-state index contributed by atoms with van der Waals surface area (Å²) in [5, 5.41) is 2.92. The summed E-state index contributed by atoms with van der Waals surface area (Å²) in [5.41, 5.74) is 2.18. The maximum Gasteiger partial charge on any atom is 0.224 e. The van der Waals surface area contributed by atoms with E-state index in [0.29, 0.717) is 12.8 Å². The fourth-order valence-electron chi connectivity index (χ4n) is 2.22. The SMILES string of the molecule is CCCCc1ccc(NC(=O)CCc2ccc(C)o2)cc1. The average molecular weight is 285 g/mol. The van der Waals surface area contributed by atoms with Gasteiger partial charge in [-0.25, -0.2) is 0 Å². The topological polar surface area (TPSA) is 42.2 Å². The number of hydrogen-bond donors (Lipinski definition) is 1. The zero-order chi connectivity index (χ0) is 15.1. The Morgan fingerprint density at radius 1 is 1.10 bits per heavy atom. The second-order valence-corrected chi connectivity index (χ2v) is 5.36. The molecular formula is C18H23NO2. The van der Waals surface area contributed by atoms with E-state index in [1.54, 1.807) is 0 Å². The van der Waals surface area contributed by atoms with Gasteiger partial charge in [0.05, 0.1) is 0 Å². The van der Waals surface area contributed by atoms with Crippen LogP contribution in [-0.4, -0.2) is 5.91 Å². The third-order valence-electron chi connectivity index (χ3n) is 3.45. The fourth-order valence-corrected chi connectivity index (χ4v) is 2.22. The minimum Gasteiger partial charge on any atom is -0.466 e. The Hall–Kier alpha value is -2.03. The first kappa shape index (κ1) is 15.4. The van der Waals surface area contributed by atoms with Crippen LogP contribution >= 0.6 is 0 Å². The number of carbonyl (C=O) groups is 1. The van der Waals surface area contributed by atoms with Gasteiger partial charge in [0.25, 0.3) is 0 Å².